The van der Waals surface area contributed by atoms with E-state index in [-0.39, 0.29) is 17.8 Å². The summed E-state index contributed by atoms with van der Waals surface area (Å²) in [4.78, 5) is 24.5. The molecule has 1 unspecified atom stereocenters. The second kappa shape index (κ2) is 6.81. The summed E-state index contributed by atoms with van der Waals surface area (Å²) in [5.41, 5.74) is -0.236. The van der Waals surface area contributed by atoms with E-state index < -0.39 is 29.8 Å². The van der Waals surface area contributed by atoms with Crippen molar-refractivity contribution in [1.29, 1.82) is 0 Å². The van der Waals surface area contributed by atoms with Crippen molar-refractivity contribution in [2.75, 3.05) is 13.1 Å². The maximum atomic E-state index is 13.2. The van der Waals surface area contributed by atoms with Gasteiger partial charge < -0.3 is 15.3 Å². The molecule has 8 heteroatoms. The highest BCUT2D eigenvalue weighted by Gasteiger charge is 2.45. The van der Waals surface area contributed by atoms with Crippen molar-refractivity contribution in [3.8, 4) is 0 Å². The molecule has 5 nitrogen and oxygen atoms in total. The summed E-state index contributed by atoms with van der Waals surface area (Å²) in [5, 5.41) is 11.3. The number of nitrogens with one attached hydrogen (secondary N) is 1. The lowest BCUT2D eigenvalue weighted by atomic mass is 9.91. The predicted molar refractivity (Wildman–Crippen MR) is 87.6 cm³/mol. The Bertz CT molecular complexity index is 693. The molecule has 2 amide bonds. The van der Waals surface area contributed by atoms with Gasteiger partial charge >= 0.3 is 18.2 Å². The number of alkyl halides is 3. The summed E-state index contributed by atoms with van der Waals surface area (Å²) in [5.74, 6) is -0.980. The summed E-state index contributed by atoms with van der Waals surface area (Å²) < 4.78 is 39.7. The first-order chi connectivity index (χ1) is 12.2. The first-order valence-electron chi connectivity index (χ1n) is 8.61. The normalized spacial score (nSPS) is 26.5. The highest BCUT2D eigenvalue weighted by Crippen LogP contribution is 2.48. The molecule has 1 saturated carbocycles. The van der Waals surface area contributed by atoms with E-state index in [0.717, 1.165) is 6.07 Å². The molecule has 142 valence electrons. The van der Waals surface area contributed by atoms with Crippen LogP contribution in [0.4, 0.5) is 18.0 Å². The molecule has 4 atom stereocenters. The SMILES string of the molecule is C[C@H](NC(=O)N1C[C@H]2CC(c3ccccc3C(F)(F)F)C[C@H]2C1)C(=O)O. The molecule has 2 fully saturated rings. The monoisotopic (exact) mass is 370 g/mol. The van der Waals surface area contributed by atoms with E-state index in [9.17, 15) is 22.8 Å². The van der Waals surface area contributed by atoms with Crippen LogP contribution >= 0.6 is 0 Å². The van der Waals surface area contributed by atoms with Gasteiger partial charge in [0.1, 0.15) is 6.04 Å². The lowest BCUT2D eigenvalue weighted by Gasteiger charge is -2.22. The van der Waals surface area contributed by atoms with E-state index >= 15 is 0 Å². The van der Waals surface area contributed by atoms with Crippen LogP contribution in [-0.4, -0.2) is 41.1 Å². The van der Waals surface area contributed by atoms with E-state index in [1.54, 1.807) is 17.0 Å². The Morgan fingerprint density at radius 1 is 1.19 bits per heavy atom. The Balaban J connectivity index is 1.65. The molecule has 0 bridgehead atoms. The third kappa shape index (κ3) is 3.64. The van der Waals surface area contributed by atoms with Crippen LogP contribution in [0, 0.1) is 11.8 Å². The van der Waals surface area contributed by atoms with Gasteiger partial charge in [0.25, 0.3) is 0 Å². The smallest absolute Gasteiger partial charge is 0.416 e. The zero-order valence-electron chi connectivity index (χ0n) is 14.3. The van der Waals surface area contributed by atoms with Gasteiger partial charge in [-0.1, -0.05) is 18.2 Å². The molecule has 0 radical (unpaired) electrons. The Labute approximate surface area is 149 Å². The van der Waals surface area contributed by atoms with Gasteiger partial charge in [0.15, 0.2) is 0 Å². The zero-order valence-corrected chi connectivity index (χ0v) is 14.3. The van der Waals surface area contributed by atoms with Crippen LogP contribution in [0.1, 0.15) is 36.8 Å². The highest BCUT2D eigenvalue weighted by molar-refractivity contribution is 5.82. The molecular weight excluding hydrogens is 349 g/mol. The number of carboxylic acids is 1. The van der Waals surface area contributed by atoms with E-state index in [1.165, 1.54) is 13.0 Å². The molecule has 1 aromatic carbocycles. The molecule has 2 N–H and O–H groups in total. The lowest BCUT2D eigenvalue weighted by molar-refractivity contribution is -0.139. The van der Waals surface area contributed by atoms with E-state index in [1.807, 2.05) is 0 Å². The number of amides is 2. The largest absolute Gasteiger partial charge is 0.480 e. The number of carboxylic acid groups (broad SMARTS) is 1. The highest BCUT2D eigenvalue weighted by atomic mass is 19.4. The maximum absolute atomic E-state index is 13.2. The third-order valence-corrected chi connectivity index (χ3v) is 5.45. The van der Waals surface area contributed by atoms with Crippen molar-refractivity contribution in [2.45, 2.75) is 37.9 Å². The predicted octanol–water partition coefficient (Wildman–Crippen LogP) is 3.31. The number of rotatable bonds is 3. The molecule has 26 heavy (non-hydrogen) atoms. The van der Waals surface area contributed by atoms with Gasteiger partial charge in [-0.3, -0.25) is 4.79 Å². The Kier molecular flexibility index (Phi) is 4.86. The van der Waals surface area contributed by atoms with Crippen molar-refractivity contribution >= 4 is 12.0 Å². The van der Waals surface area contributed by atoms with Gasteiger partial charge in [-0.25, -0.2) is 4.79 Å². The maximum Gasteiger partial charge on any atom is 0.416 e. The van der Waals surface area contributed by atoms with Crippen molar-refractivity contribution < 1.29 is 27.9 Å². The number of carbonyl (C=O) groups excluding carboxylic acids is 1. The summed E-state index contributed by atoms with van der Waals surface area (Å²) in [6.07, 6.45) is -3.15. The second-order valence-corrected chi connectivity index (χ2v) is 7.19. The summed E-state index contributed by atoms with van der Waals surface area (Å²) >= 11 is 0. The van der Waals surface area contributed by atoms with E-state index in [0.29, 0.717) is 31.5 Å². The van der Waals surface area contributed by atoms with Crippen molar-refractivity contribution in [1.82, 2.24) is 10.2 Å². The standard InChI is InChI=1S/C18H21F3N2O3/c1-10(16(24)25)22-17(26)23-8-12-6-11(7-13(12)9-23)14-4-2-3-5-15(14)18(19,20)21/h2-5,10-13H,6-9H2,1H3,(H,22,26)(H,24,25)/t10-,11?,12-,13+/m0/s1. The van der Waals surface area contributed by atoms with Gasteiger partial charge in [0, 0.05) is 13.1 Å². The van der Waals surface area contributed by atoms with Crippen LogP contribution in [0.3, 0.4) is 0 Å². The number of urea groups is 1. The first kappa shape index (κ1) is 18.5. The van der Waals surface area contributed by atoms with Gasteiger partial charge in [-0.15, -0.1) is 0 Å². The number of hydrogen-bond acceptors (Lipinski definition) is 2. The van der Waals surface area contributed by atoms with E-state index in [2.05, 4.69) is 5.32 Å². The molecular formula is C18H21F3N2O3. The topological polar surface area (TPSA) is 69.6 Å². The fourth-order valence-corrected chi connectivity index (χ4v) is 4.17. The fourth-order valence-electron chi connectivity index (χ4n) is 4.17. The summed E-state index contributed by atoms with van der Waals surface area (Å²) in [7, 11) is 0. The van der Waals surface area contributed by atoms with Crippen LogP contribution < -0.4 is 5.32 Å². The third-order valence-electron chi connectivity index (χ3n) is 5.45. The van der Waals surface area contributed by atoms with Crippen molar-refractivity contribution in [2.24, 2.45) is 11.8 Å². The number of nitrogens with zero attached hydrogens (tertiary/aromatic N) is 1. The van der Waals surface area contributed by atoms with Crippen LogP contribution in [-0.2, 0) is 11.0 Å². The van der Waals surface area contributed by atoms with Crippen molar-refractivity contribution in [3.05, 3.63) is 35.4 Å². The van der Waals surface area contributed by atoms with Gasteiger partial charge in [-0.2, -0.15) is 13.2 Å². The van der Waals surface area contributed by atoms with Crippen molar-refractivity contribution in [3.63, 3.8) is 0 Å². The number of hydrogen-bond donors (Lipinski definition) is 2. The molecule has 0 spiro atoms. The quantitative estimate of drug-likeness (QED) is 0.858. The van der Waals surface area contributed by atoms with E-state index in [4.69, 9.17) is 5.11 Å². The average molecular weight is 370 g/mol. The van der Waals surface area contributed by atoms with Gasteiger partial charge in [0.2, 0.25) is 0 Å². The van der Waals surface area contributed by atoms with Gasteiger partial charge in [0.05, 0.1) is 5.56 Å². The molecule has 1 saturated heterocycles. The van der Waals surface area contributed by atoms with Crippen LogP contribution in [0.15, 0.2) is 24.3 Å². The number of halogens is 3. The Hall–Kier alpha value is -2.25. The summed E-state index contributed by atoms with van der Waals surface area (Å²) in [6, 6.07) is 4.30. The number of benzene rings is 1. The minimum absolute atomic E-state index is 0.146. The fraction of sp³-hybridized carbons (Fsp3) is 0.556. The minimum atomic E-state index is -4.37. The number of fused-ring (bicyclic) bond motifs is 1. The molecule has 1 aromatic rings. The lowest BCUT2D eigenvalue weighted by Crippen LogP contribution is -2.46. The minimum Gasteiger partial charge on any atom is -0.480 e. The molecule has 2 aliphatic rings. The van der Waals surface area contributed by atoms with Crippen LogP contribution in [0.25, 0.3) is 0 Å². The van der Waals surface area contributed by atoms with Crippen LogP contribution in [0.2, 0.25) is 0 Å². The second-order valence-electron chi connectivity index (χ2n) is 7.19. The Morgan fingerprint density at radius 3 is 2.31 bits per heavy atom. The average Bonchev–Trinajstić information content (AvgIpc) is 3.12. The molecule has 1 aliphatic heterocycles. The Morgan fingerprint density at radius 2 is 1.77 bits per heavy atom. The van der Waals surface area contributed by atoms with Crippen LogP contribution in [0.5, 0.6) is 0 Å². The summed E-state index contributed by atoms with van der Waals surface area (Å²) in [6.45, 7) is 2.29. The molecule has 1 aliphatic carbocycles. The molecule has 3 rings (SSSR count). The number of aliphatic carboxylic acids is 1. The zero-order chi connectivity index (χ0) is 19.1. The van der Waals surface area contributed by atoms with Gasteiger partial charge in [-0.05, 0) is 49.1 Å². The first-order valence-corrected chi connectivity index (χ1v) is 8.61. The molecule has 1 heterocycles. The number of carbonyl (C=O) groups is 2. The number of likely N-dealkylation sites (tertiary alicyclic amines) is 1. The molecule has 0 aromatic heterocycles.